The summed E-state index contributed by atoms with van der Waals surface area (Å²) >= 11 is 0. The summed E-state index contributed by atoms with van der Waals surface area (Å²) in [6, 6.07) is 13.7. The molecule has 2 aromatic rings. The van der Waals surface area contributed by atoms with Crippen LogP contribution < -0.4 is 10.6 Å². The molecule has 0 aliphatic carbocycles. The van der Waals surface area contributed by atoms with Crippen LogP contribution in [0.25, 0.3) is 0 Å². The number of amides is 1. The molecule has 0 aliphatic rings. The lowest BCUT2D eigenvalue weighted by Gasteiger charge is -2.22. The van der Waals surface area contributed by atoms with Crippen LogP contribution in [0.3, 0.4) is 0 Å². The van der Waals surface area contributed by atoms with Crippen molar-refractivity contribution in [2.75, 3.05) is 33.3 Å². The van der Waals surface area contributed by atoms with Gasteiger partial charge in [-0.1, -0.05) is 30.3 Å². The second-order valence-electron chi connectivity index (χ2n) is 6.23. The van der Waals surface area contributed by atoms with E-state index in [2.05, 4.69) is 15.6 Å². The number of carbonyl (C=O) groups is 1. The molecule has 0 bridgehead atoms. The number of likely N-dealkylation sites (N-methyl/N-ethyl adjacent to an activating group) is 1. The van der Waals surface area contributed by atoms with Crippen LogP contribution in [0.15, 0.2) is 58.1 Å². The fourth-order valence-electron chi connectivity index (χ4n) is 2.62. The predicted molar refractivity (Wildman–Crippen MR) is 110 cm³/mol. The van der Waals surface area contributed by atoms with Crippen LogP contribution in [-0.2, 0) is 22.7 Å². The maximum atomic E-state index is 12.5. The molecule has 0 unspecified atom stereocenters. The second-order valence-corrected chi connectivity index (χ2v) is 6.23. The van der Waals surface area contributed by atoms with Crippen LogP contribution in [0, 0.1) is 0 Å². The molecule has 2 rings (SSSR count). The third-order valence-electron chi connectivity index (χ3n) is 4.16. The van der Waals surface area contributed by atoms with E-state index in [4.69, 9.17) is 9.15 Å². The molecule has 0 saturated carbocycles. The Balaban J connectivity index is 1.62. The highest BCUT2D eigenvalue weighted by atomic mass is 16.5. The first-order valence-electron chi connectivity index (χ1n) is 9.59. The van der Waals surface area contributed by atoms with Gasteiger partial charge in [-0.2, -0.15) is 0 Å². The van der Waals surface area contributed by atoms with E-state index in [1.807, 2.05) is 54.3 Å². The largest absolute Gasteiger partial charge is 0.467 e. The Morgan fingerprint density at radius 1 is 1.18 bits per heavy atom. The molecule has 0 fully saturated rings. The molecule has 7 nitrogen and oxygen atoms in total. The quantitative estimate of drug-likeness (QED) is 0.352. The molecular formula is C21H30N4O3. The normalized spacial score (nSPS) is 11.3. The molecule has 2 N–H and O–H groups in total. The molecule has 1 amide bonds. The summed E-state index contributed by atoms with van der Waals surface area (Å²) in [5, 5.41) is 6.26. The molecule has 7 heteroatoms. The Bertz CT molecular complexity index is 702. The van der Waals surface area contributed by atoms with Crippen molar-refractivity contribution in [2.45, 2.75) is 26.5 Å². The minimum atomic E-state index is 0.0380. The molecule has 0 spiro atoms. The van der Waals surface area contributed by atoms with Crippen LogP contribution in [0.1, 0.15) is 24.7 Å². The Morgan fingerprint density at radius 3 is 2.68 bits per heavy atom. The lowest BCUT2D eigenvalue weighted by atomic mass is 10.2. The number of carbonyl (C=O) groups excluding carboxylic acids is 1. The van der Waals surface area contributed by atoms with Crippen molar-refractivity contribution in [1.82, 2.24) is 15.5 Å². The fraction of sp³-hybridized carbons (Fsp3) is 0.429. The summed E-state index contributed by atoms with van der Waals surface area (Å²) in [5.74, 6) is 1.46. The van der Waals surface area contributed by atoms with Gasteiger partial charge in [-0.25, -0.2) is 0 Å². The van der Waals surface area contributed by atoms with Gasteiger partial charge < -0.3 is 24.7 Å². The molecule has 1 aromatic heterocycles. The van der Waals surface area contributed by atoms with Crippen LogP contribution >= 0.6 is 0 Å². The van der Waals surface area contributed by atoms with Gasteiger partial charge in [-0.15, -0.1) is 0 Å². The highest BCUT2D eigenvalue weighted by Crippen LogP contribution is 2.04. The maximum absolute atomic E-state index is 12.5. The van der Waals surface area contributed by atoms with Crippen LogP contribution in [0.2, 0.25) is 0 Å². The minimum Gasteiger partial charge on any atom is -0.467 e. The number of guanidine groups is 1. The van der Waals surface area contributed by atoms with E-state index in [0.29, 0.717) is 38.8 Å². The van der Waals surface area contributed by atoms with Crippen LogP contribution in [0.4, 0.5) is 0 Å². The van der Waals surface area contributed by atoms with E-state index in [-0.39, 0.29) is 12.5 Å². The van der Waals surface area contributed by atoms with Gasteiger partial charge >= 0.3 is 0 Å². The predicted octanol–water partition coefficient (Wildman–Crippen LogP) is 2.40. The molecule has 0 atom stereocenters. The van der Waals surface area contributed by atoms with E-state index in [0.717, 1.165) is 17.7 Å². The lowest BCUT2D eigenvalue weighted by Crippen LogP contribution is -2.44. The first-order valence-corrected chi connectivity index (χ1v) is 9.59. The van der Waals surface area contributed by atoms with Gasteiger partial charge in [0, 0.05) is 33.3 Å². The monoisotopic (exact) mass is 386 g/mol. The third-order valence-corrected chi connectivity index (χ3v) is 4.16. The SMILES string of the molecule is CCN(Cc1ccccc1)C(=O)CNC(=NC)NCCCOCc1ccco1. The minimum absolute atomic E-state index is 0.0380. The molecule has 0 saturated heterocycles. The number of hydrogen-bond donors (Lipinski definition) is 2. The van der Waals surface area contributed by atoms with Crippen molar-refractivity contribution in [3.05, 3.63) is 60.1 Å². The van der Waals surface area contributed by atoms with E-state index >= 15 is 0 Å². The molecule has 0 radical (unpaired) electrons. The van der Waals surface area contributed by atoms with Crippen molar-refractivity contribution in [3.63, 3.8) is 0 Å². The maximum Gasteiger partial charge on any atom is 0.242 e. The zero-order valence-electron chi connectivity index (χ0n) is 16.7. The van der Waals surface area contributed by atoms with Gasteiger partial charge in [0.15, 0.2) is 5.96 Å². The van der Waals surface area contributed by atoms with Gasteiger partial charge in [0.25, 0.3) is 0 Å². The van der Waals surface area contributed by atoms with Gasteiger partial charge in [0.2, 0.25) is 5.91 Å². The van der Waals surface area contributed by atoms with Crippen LogP contribution in [0.5, 0.6) is 0 Å². The Hall–Kier alpha value is -2.80. The summed E-state index contributed by atoms with van der Waals surface area (Å²) in [4.78, 5) is 18.5. The molecule has 1 heterocycles. The van der Waals surface area contributed by atoms with Gasteiger partial charge in [0.1, 0.15) is 12.4 Å². The van der Waals surface area contributed by atoms with E-state index < -0.39 is 0 Å². The van der Waals surface area contributed by atoms with Crippen molar-refractivity contribution in [1.29, 1.82) is 0 Å². The van der Waals surface area contributed by atoms with Gasteiger partial charge in [-0.05, 0) is 31.0 Å². The Kier molecular flexibility index (Phi) is 9.65. The third kappa shape index (κ3) is 7.84. The zero-order valence-corrected chi connectivity index (χ0v) is 16.7. The summed E-state index contributed by atoms with van der Waals surface area (Å²) in [7, 11) is 1.69. The van der Waals surface area contributed by atoms with Crippen molar-refractivity contribution in [3.8, 4) is 0 Å². The number of rotatable bonds is 11. The zero-order chi connectivity index (χ0) is 20.0. The number of aliphatic imine (C=N–C) groups is 1. The second kappa shape index (κ2) is 12.6. The Morgan fingerprint density at radius 2 is 2.00 bits per heavy atom. The number of hydrogen-bond acceptors (Lipinski definition) is 4. The van der Waals surface area contributed by atoms with Crippen molar-refractivity contribution < 1.29 is 13.9 Å². The summed E-state index contributed by atoms with van der Waals surface area (Å²) in [6.45, 7) is 5.25. The highest BCUT2D eigenvalue weighted by molar-refractivity contribution is 5.86. The number of ether oxygens (including phenoxy) is 1. The smallest absolute Gasteiger partial charge is 0.242 e. The number of benzene rings is 1. The number of nitrogens with zero attached hydrogens (tertiary/aromatic N) is 2. The summed E-state index contributed by atoms with van der Waals surface area (Å²) < 4.78 is 10.7. The van der Waals surface area contributed by atoms with Gasteiger partial charge in [-0.3, -0.25) is 9.79 Å². The first-order chi connectivity index (χ1) is 13.7. The molecular weight excluding hydrogens is 356 g/mol. The van der Waals surface area contributed by atoms with Gasteiger partial charge in [0.05, 0.1) is 12.8 Å². The topological polar surface area (TPSA) is 79.1 Å². The molecule has 152 valence electrons. The van der Waals surface area contributed by atoms with E-state index in [1.165, 1.54) is 0 Å². The van der Waals surface area contributed by atoms with E-state index in [1.54, 1.807) is 13.3 Å². The standard InChI is InChI=1S/C21H30N4O3/c1-3-25(16-18-9-5-4-6-10-18)20(26)15-24-21(22-2)23-12-8-13-27-17-19-11-7-14-28-19/h4-7,9-11,14H,3,8,12-13,15-17H2,1-2H3,(H2,22,23,24). The molecule has 0 aliphatic heterocycles. The van der Waals surface area contributed by atoms with Crippen molar-refractivity contribution in [2.24, 2.45) is 4.99 Å². The lowest BCUT2D eigenvalue weighted by molar-refractivity contribution is -0.130. The number of nitrogens with one attached hydrogen (secondary N) is 2. The van der Waals surface area contributed by atoms with Crippen molar-refractivity contribution >= 4 is 11.9 Å². The Labute approximate surface area is 166 Å². The first kappa shape index (κ1) is 21.5. The molecule has 28 heavy (non-hydrogen) atoms. The van der Waals surface area contributed by atoms with Crippen LogP contribution in [-0.4, -0.2) is 50.1 Å². The fourth-order valence-corrected chi connectivity index (χ4v) is 2.62. The average molecular weight is 386 g/mol. The number of furan rings is 1. The highest BCUT2D eigenvalue weighted by Gasteiger charge is 2.12. The van der Waals surface area contributed by atoms with E-state index in [9.17, 15) is 4.79 Å². The summed E-state index contributed by atoms with van der Waals surface area (Å²) in [5.41, 5.74) is 1.12. The molecule has 1 aromatic carbocycles. The summed E-state index contributed by atoms with van der Waals surface area (Å²) in [6.07, 6.45) is 2.46. The average Bonchev–Trinajstić information content (AvgIpc) is 3.25.